The summed E-state index contributed by atoms with van der Waals surface area (Å²) in [6, 6.07) is 5.56. The third-order valence-corrected chi connectivity index (χ3v) is 7.71. The minimum absolute atomic E-state index is 0.207. The maximum absolute atomic E-state index is 14.1. The molecule has 2 aliphatic rings. The second-order valence-corrected chi connectivity index (χ2v) is 10.1. The van der Waals surface area contributed by atoms with Gasteiger partial charge in [0.05, 0.1) is 37.4 Å². The van der Waals surface area contributed by atoms with Crippen molar-refractivity contribution in [3.8, 4) is 11.3 Å². The van der Waals surface area contributed by atoms with Crippen LogP contribution >= 0.6 is 0 Å². The number of methoxy groups -OCH3 is 1. The van der Waals surface area contributed by atoms with Crippen molar-refractivity contribution in [3.05, 3.63) is 90.2 Å². The highest BCUT2D eigenvalue weighted by Gasteiger charge is 2.70. The Morgan fingerprint density at radius 2 is 2.00 bits per heavy atom. The Balaban J connectivity index is 1.40. The molecule has 6 rings (SSSR count). The van der Waals surface area contributed by atoms with E-state index in [2.05, 4.69) is 25.0 Å². The molecule has 1 atom stereocenters. The molecule has 1 saturated heterocycles. The summed E-state index contributed by atoms with van der Waals surface area (Å²) in [6.45, 7) is 1.23. The van der Waals surface area contributed by atoms with E-state index in [1.54, 1.807) is 29.1 Å². The Labute approximate surface area is 239 Å². The zero-order valence-corrected chi connectivity index (χ0v) is 22.7. The van der Waals surface area contributed by atoms with Gasteiger partial charge in [-0.15, -0.1) is 4.58 Å². The Bertz CT molecular complexity index is 1800. The average molecular weight is 573 g/mol. The maximum atomic E-state index is 14.1. The molecule has 1 aromatic carbocycles. The predicted octanol–water partition coefficient (Wildman–Crippen LogP) is 3.24. The van der Waals surface area contributed by atoms with E-state index in [4.69, 9.17) is 16.2 Å². The van der Waals surface area contributed by atoms with Gasteiger partial charge in [-0.25, -0.2) is 18.7 Å². The number of halogens is 2. The van der Waals surface area contributed by atoms with Crippen molar-refractivity contribution in [1.29, 1.82) is 0 Å². The molecule has 1 unspecified atom stereocenters. The summed E-state index contributed by atoms with van der Waals surface area (Å²) in [5.41, 5.74) is 15.8. The van der Waals surface area contributed by atoms with Crippen molar-refractivity contribution in [2.75, 3.05) is 30.8 Å². The Morgan fingerprint density at radius 3 is 2.79 bits per heavy atom. The lowest BCUT2D eigenvalue weighted by Gasteiger charge is -2.32. The maximum Gasteiger partial charge on any atom is 0.597 e. The van der Waals surface area contributed by atoms with Crippen LogP contribution in [0.5, 0.6) is 0 Å². The van der Waals surface area contributed by atoms with Crippen molar-refractivity contribution in [2.24, 2.45) is 5.73 Å². The number of fused-ring (bicyclic) bond motifs is 1. The van der Waals surface area contributed by atoms with Gasteiger partial charge in [-0.05, 0) is 48.5 Å². The minimum atomic E-state index is -0.954. The van der Waals surface area contributed by atoms with Crippen LogP contribution in [0.4, 0.5) is 25.2 Å². The third kappa shape index (κ3) is 4.62. The number of piperidine rings is 1. The molecule has 214 valence electrons. The van der Waals surface area contributed by atoms with E-state index in [0.717, 1.165) is 54.0 Å². The molecule has 4 N–H and O–H groups in total. The zero-order valence-electron chi connectivity index (χ0n) is 22.7. The topological polar surface area (TPSA) is 141 Å². The summed E-state index contributed by atoms with van der Waals surface area (Å²) in [6.07, 6.45) is 13.1. The lowest BCUT2D eigenvalue weighted by Crippen LogP contribution is -2.47. The molecule has 0 aliphatic carbocycles. The van der Waals surface area contributed by atoms with Crippen molar-refractivity contribution in [3.63, 3.8) is 0 Å². The first kappa shape index (κ1) is 27.0. The van der Waals surface area contributed by atoms with Gasteiger partial charge < -0.3 is 21.1 Å². The number of hydrogen-bond donors (Lipinski definition) is 2. The van der Waals surface area contributed by atoms with Crippen LogP contribution in [0.1, 0.15) is 24.0 Å². The number of benzene rings is 1. The monoisotopic (exact) mass is 572 g/mol. The van der Waals surface area contributed by atoms with E-state index < -0.39 is 23.3 Å². The Morgan fingerprint density at radius 1 is 1.14 bits per heavy atom. The van der Waals surface area contributed by atoms with Gasteiger partial charge in [-0.2, -0.15) is 14.4 Å². The fraction of sp³-hybridized carbons (Fsp3) is 0.241. The summed E-state index contributed by atoms with van der Waals surface area (Å²) in [5, 5.41) is 4.34. The fourth-order valence-electron chi connectivity index (χ4n) is 5.72. The van der Waals surface area contributed by atoms with Crippen LogP contribution < -0.4 is 16.4 Å². The average Bonchev–Trinajstić information content (AvgIpc) is 3.36. The van der Waals surface area contributed by atoms with Gasteiger partial charge in [-0.3, -0.25) is 4.98 Å². The Hall–Kier alpha value is -5.20. The summed E-state index contributed by atoms with van der Waals surface area (Å²) in [4.78, 5) is 27.9. The normalized spacial score (nSPS) is 18.6. The summed E-state index contributed by atoms with van der Waals surface area (Å²) >= 11 is 0. The summed E-state index contributed by atoms with van der Waals surface area (Å²) < 4.78 is 36.0. The van der Waals surface area contributed by atoms with Gasteiger partial charge in [0.1, 0.15) is 6.33 Å². The minimum Gasteiger partial charge on any atom is -0.415 e. The fourth-order valence-corrected chi connectivity index (χ4v) is 5.72. The number of pyridine rings is 1. The van der Waals surface area contributed by atoms with Gasteiger partial charge in [0.25, 0.3) is 11.3 Å². The lowest BCUT2D eigenvalue weighted by atomic mass is 9.90. The number of amides is 1. The largest absolute Gasteiger partial charge is 0.597 e. The first-order chi connectivity index (χ1) is 20.4. The van der Waals surface area contributed by atoms with Crippen LogP contribution in [-0.2, 0) is 11.2 Å². The van der Waals surface area contributed by atoms with Crippen LogP contribution in [0.15, 0.2) is 67.4 Å². The van der Waals surface area contributed by atoms with E-state index in [1.807, 2.05) is 12.1 Å². The van der Waals surface area contributed by atoms with Gasteiger partial charge >= 0.3 is 6.09 Å². The number of allylic oxidation sites excluding steroid dienone is 2. The predicted molar refractivity (Wildman–Crippen MR) is 152 cm³/mol. The molecule has 0 bridgehead atoms. The number of hydrogen-bond acceptors (Lipinski definition) is 9. The molecule has 0 saturated carbocycles. The molecule has 1 spiro atoms. The number of nitrogen functional groups attached to an aromatic ring is 1. The highest BCUT2D eigenvalue weighted by atomic mass is 19.2. The zero-order chi connectivity index (χ0) is 29.4. The smallest absolute Gasteiger partial charge is 0.415 e. The van der Waals surface area contributed by atoms with Crippen LogP contribution in [0.25, 0.3) is 16.9 Å². The SMILES string of the molecule is COC(=O)[N+]1=C(/C=C\C=C/N)C12CCCN(c1cnc(-c3ccc(F)c(F)c3)cc1Cc1cnn3c(N)ncnc13)C2. The van der Waals surface area contributed by atoms with E-state index in [1.165, 1.54) is 30.2 Å². The quantitative estimate of drug-likeness (QED) is 0.263. The molecular formula is C29H28F2N9O2+. The second kappa shape index (κ2) is 10.7. The number of nitrogens with zero attached hydrogens (tertiary/aromatic N) is 7. The van der Waals surface area contributed by atoms with Crippen molar-refractivity contribution < 1.29 is 22.9 Å². The van der Waals surface area contributed by atoms with E-state index in [0.29, 0.717) is 29.9 Å². The molecule has 3 aromatic heterocycles. The van der Waals surface area contributed by atoms with Crippen molar-refractivity contribution in [2.45, 2.75) is 24.8 Å². The molecule has 1 fully saturated rings. The second-order valence-electron chi connectivity index (χ2n) is 10.1. The molecule has 42 heavy (non-hydrogen) atoms. The molecule has 2 aliphatic heterocycles. The molecular weight excluding hydrogens is 544 g/mol. The van der Waals surface area contributed by atoms with Gasteiger partial charge in [0.15, 0.2) is 17.3 Å². The van der Waals surface area contributed by atoms with Crippen molar-refractivity contribution >= 4 is 29.1 Å². The molecule has 11 nitrogen and oxygen atoms in total. The summed E-state index contributed by atoms with van der Waals surface area (Å²) in [7, 11) is 1.36. The number of carbonyl (C=O) groups excluding carboxylic acids is 1. The van der Waals surface area contributed by atoms with E-state index >= 15 is 0 Å². The third-order valence-electron chi connectivity index (χ3n) is 7.71. The van der Waals surface area contributed by atoms with Gasteiger partial charge in [-0.1, -0.05) is 6.08 Å². The lowest BCUT2D eigenvalue weighted by molar-refractivity contribution is -0.425. The van der Waals surface area contributed by atoms with Gasteiger partial charge in [0.2, 0.25) is 5.95 Å². The number of aromatic nitrogens is 5. The highest BCUT2D eigenvalue weighted by molar-refractivity contribution is 6.09. The molecule has 13 heteroatoms. The first-order valence-electron chi connectivity index (χ1n) is 13.3. The highest BCUT2D eigenvalue weighted by Crippen LogP contribution is 2.41. The van der Waals surface area contributed by atoms with Crippen LogP contribution in [0, 0.1) is 11.6 Å². The standard InChI is InChI=1S/C29H27F2N9O2/c1-42-28(41)39-25(5-2-3-9-32)29(39)8-4-10-38(16-29)24-15-34-23(18-6-7-21(30)22(31)12-18)13-19(24)11-20-14-37-40-26(20)35-17-36-27(40)33/h2-3,5-7,9,12-15,17,32H,4,8,10-11,16H2,1H3,(H2,33,35,36,37)/p+1. The van der Waals surface area contributed by atoms with Crippen LogP contribution in [0.2, 0.25) is 0 Å². The van der Waals surface area contributed by atoms with Crippen LogP contribution in [0.3, 0.4) is 0 Å². The number of ether oxygens (including phenoxy) is 1. The number of nitrogens with two attached hydrogens (primary N) is 2. The molecule has 5 heterocycles. The van der Waals surface area contributed by atoms with Crippen molar-refractivity contribution in [1.82, 2.24) is 24.6 Å². The number of carbonyl (C=O) groups is 1. The van der Waals surface area contributed by atoms with Gasteiger partial charge in [0, 0.05) is 36.6 Å². The first-order valence-corrected chi connectivity index (χ1v) is 13.3. The van der Waals surface area contributed by atoms with Crippen LogP contribution in [-0.4, -0.2) is 66.7 Å². The number of rotatable bonds is 6. The summed E-state index contributed by atoms with van der Waals surface area (Å²) in [5.74, 6) is -1.68. The number of anilines is 2. The Kier molecular flexibility index (Phi) is 6.85. The molecule has 4 aromatic rings. The molecule has 0 radical (unpaired) electrons. The van der Waals surface area contributed by atoms with E-state index in [-0.39, 0.29) is 5.95 Å². The van der Waals surface area contributed by atoms with E-state index in [9.17, 15) is 13.6 Å². The molecule has 1 amide bonds.